The zero-order valence-corrected chi connectivity index (χ0v) is 17.9. The summed E-state index contributed by atoms with van der Waals surface area (Å²) in [6.45, 7) is 9.46. The van der Waals surface area contributed by atoms with Crippen LogP contribution >= 0.6 is 0 Å². The quantitative estimate of drug-likeness (QED) is 0.397. The van der Waals surface area contributed by atoms with Crippen LogP contribution in [-0.4, -0.2) is 45.7 Å². The van der Waals surface area contributed by atoms with E-state index in [-0.39, 0.29) is 16.9 Å². The van der Waals surface area contributed by atoms with Gasteiger partial charge in [-0.3, -0.25) is 19.3 Å². The maximum absolute atomic E-state index is 12.6. The first-order valence-electron chi connectivity index (χ1n) is 10.0. The molecule has 2 amide bonds. The van der Waals surface area contributed by atoms with Crippen molar-refractivity contribution in [3.63, 3.8) is 0 Å². The molecule has 158 valence electrons. The number of nitrogens with zero attached hydrogens (tertiary/aromatic N) is 2. The third-order valence-corrected chi connectivity index (χ3v) is 5.47. The van der Waals surface area contributed by atoms with Crippen molar-refractivity contribution < 1.29 is 23.9 Å². The first kappa shape index (κ1) is 21.5. The van der Waals surface area contributed by atoms with Crippen molar-refractivity contribution in [2.75, 3.05) is 6.61 Å². The Hall–Kier alpha value is -3.22. The fourth-order valence-electron chi connectivity index (χ4n) is 3.82. The number of ether oxygens (including phenoxy) is 1. The van der Waals surface area contributed by atoms with Crippen LogP contribution in [0.5, 0.6) is 0 Å². The molecule has 0 aliphatic carbocycles. The molecule has 1 unspecified atom stereocenters. The maximum Gasteiger partial charge on any atom is 0.329 e. The number of ketones is 1. The maximum atomic E-state index is 12.6. The first-order valence-corrected chi connectivity index (χ1v) is 10.0. The average Bonchev–Trinajstić information content (AvgIpc) is 3.13. The van der Waals surface area contributed by atoms with Crippen LogP contribution in [0.1, 0.15) is 68.3 Å². The summed E-state index contributed by atoms with van der Waals surface area (Å²) in [5.74, 6) is -2.17. The molecule has 1 aromatic carbocycles. The van der Waals surface area contributed by atoms with Crippen LogP contribution in [0.15, 0.2) is 24.3 Å². The standard InChI is InChI=1S/C23H26N2O5/c1-6-9-24-14(3)11-18(15(24)4)20(26)12-30-23(29)16(5)25-21(27)17-8-7-13(2)10-19(17)22(25)28/h7-8,10-11,16H,6,9,12H2,1-5H3. The third kappa shape index (κ3) is 3.67. The molecule has 7 heteroatoms. The molecule has 1 aliphatic heterocycles. The van der Waals surface area contributed by atoms with Gasteiger partial charge in [0.1, 0.15) is 6.04 Å². The lowest BCUT2D eigenvalue weighted by molar-refractivity contribution is -0.146. The van der Waals surface area contributed by atoms with Gasteiger partial charge in [-0.2, -0.15) is 0 Å². The second-order valence-corrected chi connectivity index (χ2v) is 7.67. The van der Waals surface area contributed by atoms with E-state index >= 15 is 0 Å². The number of carbonyl (C=O) groups is 4. The Bertz CT molecular complexity index is 1050. The second-order valence-electron chi connectivity index (χ2n) is 7.67. The number of rotatable bonds is 7. The Morgan fingerprint density at radius 2 is 1.70 bits per heavy atom. The molecule has 0 fully saturated rings. The molecule has 0 spiro atoms. The average molecular weight is 410 g/mol. The summed E-state index contributed by atoms with van der Waals surface area (Å²) < 4.78 is 7.23. The van der Waals surface area contributed by atoms with Crippen LogP contribution in [-0.2, 0) is 16.1 Å². The van der Waals surface area contributed by atoms with Crippen molar-refractivity contribution in [2.24, 2.45) is 0 Å². The van der Waals surface area contributed by atoms with E-state index < -0.39 is 30.4 Å². The Morgan fingerprint density at radius 1 is 1.03 bits per heavy atom. The molecular weight excluding hydrogens is 384 g/mol. The van der Waals surface area contributed by atoms with Gasteiger partial charge < -0.3 is 9.30 Å². The van der Waals surface area contributed by atoms with Crippen molar-refractivity contribution in [1.82, 2.24) is 9.47 Å². The smallest absolute Gasteiger partial charge is 0.329 e. The Labute approximate surface area is 175 Å². The van der Waals surface area contributed by atoms with Gasteiger partial charge in [-0.15, -0.1) is 0 Å². The first-order chi connectivity index (χ1) is 14.2. The fraction of sp³-hybridized carbons (Fsp3) is 0.391. The number of amides is 2. The minimum Gasteiger partial charge on any atom is -0.456 e. The highest BCUT2D eigenvalue weighted by Crippen LogP contribution is 2.26. The summed E-state index contributed by atoms with van der Waals surface area (Å²) in [5.41, 5.74) is 3.71. The number of Topliss-reactive ketones (excluding diaryl/α,β-unsaturated/α-hetero) is 1. The van der Waals surface area contributed by atoms with Crippen molar-refractivity contribution >= 4 is 23.6 Å². The summed E-state index contributed by atoms with van der Waals surface area (Å²) in [4.78, 5) is 51.2. The normalized spacial score (nSPS) is 14.1. The molecule has 30 heavy (non-hydrogen) atoms. The second kappa shape index (κ2) is 8.26. The largest absolute Gasteiger partial charge is 0.456 e. The van der Waals surface area contributed by atoms with E-state index in [1.165, 1.54) is 6.92 Å². The van der Waals surface area contributed by atoms with Gasteiger partial charge >= 0.3 is 5.97 Å². The highest BCUT2D eigenvalue weighted by molar-refractivity contribution is 6.22. The molecule has 2 heterocycles. The zero-order valence-electron chi connectivity index (χ0n) is 17.9. The van der Waals surface area contributed by atoms with Crippen molar-refractivity contribution in [1.29, 1.82) is 0 Å². The number of carbonyl (C=O) groups excluding carboxylic acids is 4. The van der Waals surface area contributed by atoms with Gasteiger partial charge in [0, 0.05) is 23.5 Å². The number of fused-ring (bicyclic) bond motifs is 1. The minimum absolute atomic E-state index is 0.268. The van der Waals surface area contributed by atoms with E-state index in [4.69, 9.17) is 4.74 Å². The molecule has 7 nitrogen and oxygen atoms in total. The predicted molar refractivity (Wildman–Crippen MR) is 111 cm³/mol. The molecule has 2 aromatic rings. The summed E-state index contributed by atoms with van der Waals surface area (Å²) >= 11 is 0. The monoisotopic (exact) mass is 410 g/mol. The highest BCUT2D eigenvalue weighted by atomic mass is 16.5. The molecule has 0 N–H and O–H groups in total. The van der Waals surface area contributed by atoms with Crippen LogP contribution in [0.3, 0.4) is 0 Å². The van der Waals surface area contributed by atoms with E-state index in [1.807, 2.05) is 20.8 Å². The molecule has 1 aliphatic rings. The van der Waals surface area contributed by atoms with Gasteiger partial charge in [-0.1, -0.05) is 18.6 Å². The lowest BCUT2D eigenvalue weighted by Crippen LogP contribution is -2.44. The number of aromatic nitrogens is 1. The zero-order chi connectivity index (χ0) is 22.2. The predicted octanol–water partition coefficient (Wildman–Crippen LogP) is 3.23. The lowest BCUT2D eigenvalue weighted by Gasteiger charge is -2.20. The van der Waals surface area contributed by atoms with Gasteiger partial charge in [-0.05, 0) is 52.3 Å². The molecule has 0 saturated heterocycles. The van der Waals surface area contributed by atoms with E-state index in [2.05, 4.69) is 11.5 Å². The Kier molecular flexibility index (Phi) is 5.92. The van der Waals surface area contributed by atoms with Crippen LogP contribution in [0.2, 0.25) is 0 Å². The van der Waals surface area contributed by atoms with Crippen LogP contribution in [0.25, 0.3) is 0 Å². The summed E-state index contributed by atoms with van der Waals surface area (Å²) in [6, 6.07) is 5.61. The van der Waals surface area contributed by atoms with Gasteiger partial charge in [0.2, 0.25) is 5.78 Å². The molecule has 0 saturated carbocycles. The fourth-order valence-corrected chi connectivity index (χ4v) is 3.82. The summed E-state index contributed by atoms with van der Waals surface area (Å²) in [6.07, 6.45) is 0.941. The molecule has 0 radical (unpaired) electrons. The third-order valence-electron chi connectivity index (χ3n) is 5.47. The summed E-state index contributed by atoms with van der Waals surface area (Å²) in [7, 11) is 0. The van der Waals surface area contributed by atoms with E-state index in [0.29, 0.717) is 5.56 Å². The topological polar surface area (TPSA) is 85.7 Å². The van der Waals surface area contributed by atoms with Gasteiger partial charge in [-0.25, -0.2) is 4.79 Å². The molecule has 3 rings (SSSR count). The van der Waals surface area contributed by atoms with Gasteiger partial charge in [0.25, 0.3) is 11.8 Å². The van der Waals surface area contributed by atoms with E-state index in [0.717, 1.165) is 34.8 Å². The summed E-state index contributed by atoms with van der Waals surface area (Å²) in [5, 5.41) is 0. The van der Waals surface area contributed by atoms with E-state index in [1.54, 1.807) is 24.3 Å². The molecular formula is C23H26N2O5. The number of imide groups is 1. The lowest BCUT2D eigenvalue weighted by atomic mass is 10.1. The van der Waals surface area contributed by atoms with Crippen molar-refractivity contribution in [2.45, 2.75) is 53.6 Å². The number of hydrogen-bond acceptors (Lipinski definition) is 5. The number of benzene rings is 1. The molecule has 1 aromatic heterocycles. The van der Waals surface area contributed by atoms with E-state index in [9.17, 15) is 19.2 Å². The highest BCUT2D eigenvalue weighted by Gasteiger charge is 2.41. The van der Waals surface area contributed by atoms with Crippen molar-refractivity contribution in [3.8, 4) is 0 Å². The Balaban J connectivity index is 1.68. The van der Waals surface area contributed by atoms with Gasteiger partial charge in [0.05, 0.1) is 11.1 Å². The number of aryl methyl sites for hydroxylation is 2. The molecule has 1 atom stereocenters. The van der Waals surface area contributed by atoms with Crippen LogP contribution in [0.4, 0.5) is 0 Å². The van der Waals surface area contributed by atoms with Crippen LogP contribution < -0.4 is 0 Å². The molecule has 0 bridgehead atoms. The van der Waals surface area contributed by atoms with Crippen LogP contribution in [0, 0.1) is 20.8 Å². The number of hydrogen-bond donors (Lipinski definition) is 0. The number of esters is 1. The SMILES string of the molecule is CCCn1c(C)cc(C(=O)COC(=O)C(C)N2C(=O)c3ccc(C)cc3C2=O)c1C. The van der Waals surface area contributed by atoms with Crippen molar-refractivity contribution in [3.05, 3.63) is 57.9 Å². The Morgan fingerprint density at radius 3 is 2.37 bits per heavy atom. The van der Waals surface area contributed by atoms with Gasteiger partial charge in [0.15, 0.2) is 6.61 Å². The minimum atomic E-state index is -1.13.